The van der Waals surface area contributed by atoms with Gasteiger partial charge in [0, 0.05) is 28.4 Å². The highest BCUT2D eigenvalue weighted by molar-refractivity contribution is 6.07. The van der Waals surface area contributed by atoms with Crippen molar-refractivity contribution in [3.05, 3.63) is 90.5 Å². The maximum absolute atomic E-state index is 3.81. The van der Waals surface area contributed by atoms with Crippen molar-refractivity contribution >= 4 is 27.9 Å². The number of hydrogen-bond acceptors (Lipinski definition) is 0. The van der Waals surface area contributed by atoms with E-state index in [1.807, 2.05) is 6.08 Å². The van der Waals surface area contributed by atoms with Gasteiger partial charge < -0.3 is 4.57 Å². The molecule has 0 saturated carbocycles. The van der Waals surface area contributed by atoms with Crippen LogP contribution in [-0.2, 0) is 13.0 Å². The molecule has 1 nitrogen and oxygen atoms in total. The number of nitrogens with zero attached hydrogens (tertiary/aromatic N) is 1. The normalized spacial score (nSPS) is 11.2. The summed E-state index contributed by atoms with van der Waals surface area (Å²) in [6.07, 6.45) is 4.12. The highest BCUT2D eigenvalue weighted by atomic mass is 15.0. The van der Waals surface area contributed by atoms with Crippen molar-refractivity contribution < 1.29 is 0 Å². The summed E-state index contributed by atoms with van der Waals surface area (Å²) in [6, 6.07) is 26.1. The Balaban J connectivity index is 1.60. The molecule has 118 valence electrons. The van der Waals surface area contributed by atoms with Crippen LogP contribution in [0.2, 0.25) is 0 Å². The van der Waals surface area contributed by atoms with E-state index in [2.05, 4.69) is 83.9 Å². The van der Waals surface area contributed by atoms with Gasteiger partial charge in [-0.2, -0.15) is 0 Å². The Bertz CT molecular complexity index is 936. The summed E-state index contributed by atoms with van der Waals surface area (Å²) in [4.78, 5) is 0. The third-order valence-corrected chi connectivity index (χ3v) is 4.74. The number of fused-ring (bicyclic) bond motifs is 3. The average molecular weight is 311 g/mol. The van der Waals surface area contributed by atoms with Crippen LogP contribution in [0, 0.1) is 0 Å². The van der Waals surface area contributed by atoms with E-state index in [1.165, 1.54) is 32.9 Å². The largest absolute Gasteiger partial charge is 0.340 e. The lowest BCUT2D eigenvalue weighted by Gasteiger charge is -2.08. The van der Waals surface area contributed by atoms with Crippen molar-refractivity contribution in [1.29, 1.82) is 0 Å². The van der Waals surface area contributed by atoms with Gasteiger partial charge in [-0.15, -0.1) is 0 Å². The molecule has 0 spiro atoms. The van der Waals surface area contributed by atoms with Crippen LogP contribution in [0.4, 0.5) is 0 Å². The van der Waals surface area contributed by atoms with Crippen LogP contribution < -0.4 is 0 Å². The van der Waals surface area contributed by atoms with Crippen LogP contribution in [0.15, 0.2) is 79.4 Å². The molecule has 3 aromatic carbocycles. The van der Waals surface area contributed by atoms with E-state index < -0.39 is 0 Å². The molecule has 0 bridgehead atoms. The van der Waals surface area contributed by atoms with Gasteiger partial charge >= 0.3 is 0 Å². The topological polar surface area (TPSA) is 4.93 Å². The molecule has 0 aliphatic carbocycles. The second kappa shape index (κ2) is 6.37. The van der Waals surface area contributed by atoms with Crippen molar-refractivity contribution in [2.75, 3.05) is 0 Å². The number of para-hydroxylation sites is 2. The molecule has 0 N–H and O–H groups in total. The van der Waals surface area contributed by atoms with Crippen LogP contribution in [0.1, 0.15) is 17.5 Å². The van der Waals surface area contributed by atoms with Gasteiger partial charge in [-0.25, -0.2) is 0 Å². The molecule has 1 aromatic heterocycles. The first kappa shape index (κ1) is 14.8. The van der Waals surface area contributed by atoms with E-state index in [1.54, 1.807) is 0 Å². The van der Waals surface area contributed by atoms with Gasteiger partial charge in [0.05, 0.1) is 0 Å². The van der Waals surface area contributed by atoms with Gasteiger partial charge in [0.25, 0.3) is 0 Å². The molecule has 0 fully saturated rings. The van der Waals surface area contributed by atoms with E-state index in [0.29, 0.717) is 0 Å². The van der Waals surface area contributed by atoms with Gasteiger partial charge in [-0.05, 0) is 36.1 Å². The standard InChI is InChI=1S/C23H21N/c1-2-18-13-15-19(16-14-18)8-7-17-24-22-11-5-3-9-20(22)21-10-4-6-12-23(21)24/h2-6,9-16H,1,7-8,17H2. The molecular formula is C23H21N. The monoisotopic (exact) mass is 311 g/mol. The third kappa shape index (κ3) is 2.63. The fourth-order valence-corrected chi connectivity index (χ4v) is 3.51. The summed E-state index contributed by atoms with van der Waals surface area (Å²) < 4.78 is 2.46. The zero-order valence-electron chi connectivity index (χ0n) is 13.8. The minimum absolute atomic E-state index is 1.04. The van der Waals surface area contributed by atoms with Gasteiger partial charge in [0.1, 0.15) is 0 Å². The summed E-state index contributed by atoms with van der Waals surface area (Å²) in [5.74, 6) is 0. The Morgan fingerprint density at radius 1 is 0.750 bits per heavy atom. The first-order valence-corrected chi connectivity index (χ1v) is 8.54. The van der Waals surface area contributed by atoms with E-state index >= 15 is 0 Å². The Hall–Kier alpha value is -2.80. The van der Waals surface area contributed by atoms with Crippen molar-refractivity contribution in [1.82, 2.24) is 4.57 Å². The number of rotatable bonds is 5. The highest BCUT2D eigenvalue weighted by Crippen LogP contribution is 2.29. The minimum Gasteiger partial charge on any atom is -0.340 e. The fraction of sp³-hybridized carbons (Fsp3) is 0.130. The van der Waals surface area contributed by atoms with Crippen LogP contribution >= 0.6 is 0 Å². The predicted octanol–water partition coefficient (Wildman–Crippen LogP) is 6.07. The highest BCUT2D eigenvalue weighted by Gasteiger charge is 2.08. The molecule has 1 heteroatoms. The quantitative estimate of drug-likeness (QED) is 0.421. The molecule has 0 saturated heterocycles. The fourth-order valence-electron chi connectivity index (χ4n) is 3.51. The Kier molecular flexibility index (Phi) is 3.92. The molecule has 0 aliphatic rings. The molecule has 1 heterocycles. The first-order chi connectivity index (χ1) is 11.9. The maximum Gasteiger partial charge on any atom is 0.0491 e. The smallest absolute Gasteiger partial charge is 0.0491 e. The molecular weight excluding hydrogens is 290 g/mol. The molecule has 0 atom stereocenters. The Morgan fingerprint density at radius 2 is 1.33 bits per heavy atom. The molecule has 4 aromatic rings. The first-order valence-electron chi connectivity index (χ1n) is 8.54. The summed E-state index contributed by atoms with van der Waals surface area (Å²) in [6.45, 7) is 4.85. The molecule has 0 amide bonds. The summed E-state index contributed by atoms with van der Waals surface area (Å²) >= 11 is 0. The van der Waals surface area contributed by atoms with Crippen molar-refractivity contribution in [3.63, 3.8) is 0 Å². The van der Waals surface area contributed by atoms with Crippen LogP contribution in [-0.4, -0.2) is 4.57 Å². The van der Waals surface area contributed by atoms with Crippen LogP contribution in [0.5, 0.6) is 0 Å². The average Bonchev–Trinajstić information content (AvgIpc) is 2.97. The van der Waals surface area contributed by atoms with E-state index in [0.717, 1.165) is 19.4 Å². The summed E-state index contributed by atoms with van der Waals surface area (Å²) in [5, 5.41) is 2.70. The van der Waals surface area contributed by atoms with Gasteiger partial charge in [-0.3, -0.25) is 0 Å². The molecule has 4 rings (SSSR count). The Labute approximate surface area is 142 Å². The summed E-state index contributed by atoms with van der Waals surface area (Å²) in [5.41, 5.74) is 5.24. The van der Waals surface area contributed by atoms with Gasteiger partial charge in [0.15, 0.2) is 0 Å². The zero-order chi connectivity index (χ0) is 16.4. The Morgan fingerprint density at radius 3 is 1.92 bits per heavy atom. The van der Waals surface area contributed by atoms with Crippen LogP contribution in [0.3, 0.4) is 0 Å². The zero-order valence-corrected chi connectivity index (χ0v) is 13.8. The third-order valence-electron chi connectivity index (χ3n) is 4.74. The number of benzene rings is 3. The van der Waals surface area contributed by atoms with Crippen LogP contribution in [0.25, 0.3) is 27.9 Å². The summed E-state index contributed by atoms with van der Waals surface area (Å²) in [7, 11) is 0. The minimum atomic E-state index is 1.04. The van der Waals surface area contributed by atoms with Crippen molar-refractivity contribution in [2.24, 2.45) is 0 Å². The van der Waals surface area contributed by atoms with E-state index in [9.17, 15) is 0 Å². The molecule has 0 radical (unpaired) electrons. The van der Waals surface area contributed by atoms with Gasteiger partial charge in [0.2, 0.25) is 0 Å². The SMILES string of the molecule is C=Cc1ccc(CCCn2c3ccccc3c3ccccc32)cc1. The van der Waals surface area contributed by atoms with Crippen molar-refractivity contribution in [3.8, 4) is 0 Å². The lowest BCUT2D eigenvalue weighted by Crippen LogP contribution is -1.99. The molecule has 24 heavy (non-hydrogen) atoms. The van der Waals surface area contributed by atoms with Gasteiger partial charge in [-0.1, -0.05) is 73.3 Å². The number of aryl methyl sites for hydroxylation is 2. The number of aromatic nitrogens is 1. The predicted molar refractivity (Wildman–Crippen MR) is 104 cm³/mol. The lowest BCUT2D eigenvalue weighted by atomic mass is 10.1. The van der Waals surface area contributed by atoms with E-state index in [4.69, 9.17) is 0 Å². The molecule has 0 unspecified atom stereocenters. The lowest BCUT2D eigenvalue weighted by molar-refractivity contribution is 0.678. The maximum atomic E-state index is 3.81. The number of hydrogen-bond donors (Lipinski definition) is 0. The van der Waals surface area contributed by atoms with Crippen molar-refractivity contribution in [2.45, 2.75) is 19.4 Å². The second-order valence-corrected chi connectivity index (χ2v) is 6.24. The molecule has 0 aliphatic heterocycles. The second-order valence-electron chi connectivity index (χ2n) is 6.24. The van der Waals surface area contributed by atoms with E-state index in [-0.39, 0.29) is 0 Å².